The molecule has 45 heavy (non-hydrogen) atoms. The Kier molecular flexibility index (Phi) is 7.08. The molecule has 2 atom stereocenters. The number of likely N-dealkylation sites (tertiary alicyclic amines) is 1. The van der Waals surface area contributed by atoms with Crippen molar-refractivity contribution in [3.8, 4) is 17.6 Å². The van der Waals surface area contributed by atoms with E-state index in [0.29, 0.717) is 9.13 Å². The van der Waals surface area contributed by atoms with E-state index in [1.54, 1.807) is 6.07 Å². The van der Waals surface area contributed by atoms with E-state index in [1.807, 2.05) is 0 Å². The van der Waals surface area contributed by atoms with E-state index in [-0.39, 0.29) is 16.9 Å². The molecule has 2 aromatic rings. The van der Waals surface area contributed by atoms with Gasteiger partial charge in [0.25, 0.3) is 0 Å². The van der Waals surface area contributed by atoms with Crippen molar-refractivity contribution in [2.24, 2.45) is 0 Å². The van der Waals surface area contributed by atoms with Crippen molar-refractivity contribution < 1.29 is 75.8 Å². The van der Waals surface area contributed by atoms with Gasteiger partial charge in [-0.25, -0.2) is 14.3 Å². The van der Waals surface area contributed by atoms with Crippen molar-refractivity contribution in [2.75, 3.05) is 6.54 Å². The molecule has 1 amide bonds. The van der Waals surface area contributed by atoms with Crippen molar-refractivity contribution in [2.45, 2.75) is 67.1 Å². The molecule has 1 N–H and O–H groups in total. The molecule has 1 unspecified atom stereocenters. The zero-order valence-corrected chi connectivity index (χ0v) is 21.4. The normalized spacial score (nSPS) is 19.6. The molecule has 23 heteroatoms. The number of aromatic nitrogens is 3. The first-order valence-electron chi connectivity index (χ1n) is 11.7. The van der Waals surface area contributed by atoms with Crippen molar-refractivity contribution in [1.29, 1.82) is 5.26 Å². The second kappa shape index (κ2) is 9.44. The van der Waals surface area contributed by atoms with Crippen molar-refractivity contribution in [1.82, 2.24) is 19.0 Å². The van der Waals surface area contributed by atoms with E-state index in [4.69, 9.17) is 5.26 Å². The second-order valence-corrected chi connectivity index (χ2v) is 9.97. The van der Waals surface area contributed by atoms with Gasteiger partial charge < -0.3 is 10.0 Å². The van der Waals surface area contributed by atoms with Crippen LogP contribution in [0.15, 0.2) is 17.1 Å². The SMILES string of the molecule is Cc1cc(-n2c(O)c3n(c2=O)[C@@H]2CC3N(C(=O)C(F)(F)C(F)(F)C(F)(F)C(F)(F)C(F)(F)C(F)(F)C(F)(F)F)C2)cnc1C#N. The van der Waals surface area contributed by atoms with Crippen LogP contribution in [0.2, 0.25) is 0 Å². The molecule has 2 aliphatic rings. The number of aryl methyl sites for hydroxylation is 1. The standard InChI is InChI=1S/C22H12F15N5O3/c1-7-2-8(5-39-10(7)4-38)42-13(43)12-11-3-9(41(12)15(42)45)6-40(11)14(44)16(23,24)17(25,26)18(27,28)19(29,30)20(31,32)21(33,34)22(35,36)37/h2,5,9,11,43H,3,6H2,1H3/t9-,11?/m1/s1. The zero-order valence-electron chi connectivity index (χ0n) is 21.4. The Balaban J connectivity index is 1.73. The summed E-state index contributed by atoms with van der Waals surface area (Å²) >= 11 is 0. The van der Waals surface area contributed by atoms with Gasteiger partial charge in [0, 0.05) is 6.54 Å². The van der Waals surface area contributed by atoms with Gasteiger partial charge in [-0.15, -0.1) is 0 Å². The molecule has 4 heterocycles. The summed E-state index contributed by atoms with van der Waals surface area (Å²) in [5.74, 6) is -53.5. The molecule has 0 saturated carbocycles. The molecule has 2 aliphatic heterocycles. The summed E-state index contributed by atoms with van der Waals surface area (Å²) in [6, 6.07) is -0.722. The zero-order chi connectivity index (χ0) is 34.7. The molecule has 4 rings (SSSR count). The number of nitrogens with zero attached hydrogens (tertiary/aromatic N) is 5. The molecule has 0 spiro atoms. The number of hydrogen-bond donors (Lipinski definition) is 1. The lowest BCUT2D eigenvalue weighted by Gasteiger charge is -2.42. The Morgan fingerprint density at radius 3 is 1.91 bits per heavy atom. The number of fused-ring (bicyclic) bond motifs is 5. The van der Waals surface area contributed by atoms with E-state index < -0.39 is 94.8 Å². The lowest BCUT2D eigenvalue weighted by atomic mass is 9.90. The number of rotatable bonds is 7. The first-order chi connectivity index (χ1) is 20.1. The number of hydrogen-bond acceptors (Lipinski definition) is 5. The number of halogens is 15. The largest absolute Gasteiger partial charge is 0.493 e. The molecule has 0 radical (unpaired) electrons. The highest BCUT2D eigenvalue weighted by Gasteiger charge is 2.94. The van der Waals surface area contributed by atoms with E-state index in [1.165, 1.54) is 6.92 Å². The monoisotopic (exact) mass is 679 g/mol. The molecule has 0 aromatic carbocycles. The Morgan fingerprint density at radius 2 is 1.42 bits per heavy atom. The lowest BCUT2D eigenvalue weighted by molar-refractivity contribution is -0.450. The first-order valence-corrected chi connectivity index (χ1v) is 11.7. The van der Waals surface area contributed by atoms with Crippen LogP contribution in [0.5, 0.6) is 5.88 Å². The topological polar surface area (TPSA) is 104 Å². The van der Waals surface area contributed by atoms with Gasteiger partial charge in [0.05, 0.1) is 24.0 Å². The number of imidazole rings is 1. The summed E-state index contributed by atoms with van der Waals surface area (Å²) in [6.45, 7) is 0.104. The first kappa shape index (κ1) is 33.8. The van der Waals surface area contributed by atoms with Crippen LogP contribution in [0, 0.1) is 18.3 Å². The van der Waals surface area contributed by atoms with Crippen LogP contribution in [-0.4, -0.2) is 78.3 Å². The maximum Gasteiger partial charge on any atom is 0.460 e. The summed E-state index contributed by atoms with van der Waals surface area (Å²) in [6.07, 6.45) is -7.54. The highest BCUT2D eigenvalue weighted by Crippen LogP contribution is 2.63. The van der Waals surface area contributed by atoms with Crippen LogP contribution in [0.25, 0.3) is 5.69 Å². The quantitative estimate of drug-likeness (QED) is 0.410. The Bertz CT molecular complexity index is 1670. The van der Waals surface area contributed by atoms with Gasteiger partial charge in [0.1, 0.15) is 17.5 Å². The van der Waals surface area contributed by atoms with Crippen LogP contribution in [0.1, 0.15) is 35.5 Å². The number of aromatic hydroxyl groups is 1. The summed E-state index contributed by atoms with van der Waals surface area (Å²) in [4.78, 5) is 28.7. The number of carbonyl (C=O) groups is 1. The minimum atomic E-state index is -8.56. The number of nitriles is 1. The molecule has 0 aliphatic carbocycles. The third-order valence-corrected chi connectivity index (χ3v) is 7.34. The molecule has 248 valence electrons. The van der Waals surface area contributed by atoms with E-state index in [9.17, 15) is 80.6 Å². The Hall–Kier alpha value is -4.13. The van der Waals surface area contributed by atoms with Crippen molar-refractivity contribution in [3.05, 3.63) is 39.7 Å². The number of pyridine rings is 1. The van der Waals surface area contributed by atoms with Gasteiger partial charge in [-0.2, -0.15) is 71.1 Å². The average molecular weight is 679 g/mol. The van der Waals surface area contributed by atoms with Crippen LogP contribution in [-0.2, 0) is 4.79 Å². The molecule has 1 saturated heterocycles. The summed E-state index contributed by atoms with van der Waals surface area (Å²) in [5, 5.41) is 19.6. The summed E-state index contributed by atoms with van der Waals surface area (Å²) in [5.41, 5.74) is -2.18. The van der Waals surface area contributed by atoms with Gasteiger partial charge in [-0.1, -0.05) is 0 Å². The van der Waals surface area contributed by atoms with E-state index in [2.05, 4.69) is 4.98 Å². The van der Waals surface area contributed by atoms with Crippen LogP contribution in [0.4, 0.5) is 65.9 Å². The van der Waals surface area contributed by atoms with Crippen LogP contribution < -0.4 is 5.69 Å². The second-order valence-electron chi connectivity index (χ2n) is 9.97. The van der Waals surface area contributed by atoms with Gasteiger partial charge in [0.15, 0.2) is 0 Å². The van der Waals surface area contributed by atoms with Crippen molar-refractivity contribution in [3.63, 3.8) is 0 Å². The van der Waals surface area contributed by atoms with E-state index in [0.717, 1.165) is 12.3 Å². The number of carbonyl (C=O) groups excluding carboxylic acids is 1. The third-order valence-electron chi connectivity index (χ3n) is 7.34. The third kappa shape index (κ3) is 4.05. The number of amides is 1. The molecule has 2 aromatic heterocycles. The van der Waals surface area contributed by atoms with Gasteiger partial charge >= 0.3 is 53.3 Å². The molecular weight excluding hydrogens is 667 g/mol. The van der Waals surface area contributed by atoms with Gasteiger partial charge in [-0.05, 0) is 25.0 Å². The maximum absolute atomic E-state index is 14.7. The van der Waals surface area contributed by atoms with Gasteiger partial charge in [-0.3, -0.25) is 9.36 Å². The highest BCUT2D eigenvalue weighted by atomic mass is 19.4. The minimum Gasteiger partial charge on any atom is -0.493 e. The lowest BCUT2D eigenvalue weighted by Crippen LogP contribution is -2.74. The predicted molar refractivity (Wildman–Crippen MR) is 113 cm³/mol. The predicted octanol–water partition coefficient (Wildman–Crippen LogP) is 5.12. The fourth-order valence-electron chi connectivity index (χ4n) is 4.98. The summed E-state index contributed by atoms with van der Waals surface area (Å²) < 4.78 is 205. The maximum atomic E-state index is 14.7. The minimum absolute atomic E-state index is 0.139. The smallest absolute Gasteiger partial charge is 0.460 e. The fraction of sp³-hybridized carbons (Fsp3) is 0.545. The molecular formula is C22H12F15N5O3. The van der Waals surface area contributed by atoms with Crippen LogP contribution in [0.3, 0.4) is 0 Å². The molecule has 8 nitrogen and oxygen atoms in total. The Morgan fingerprint density at radius 1 is 0.911 bits per heavy atom. The highest BCUT2D eigenvalue weighted by molar-refractivity contribution is 5.86. The van der Waals surface area contributed by atoms with E-state index >= 15 is 0 Å². The summed E-state index contributed by atoms with van der Waals surface area (Å²) in [7, 11) is 0. The van der Waals surface area contributed by atoms with Crippen molar-refractivity contribution >= 4 is 5.91 Å². The molecule has 2 bridgehead atoms. The van der Waals surface area contributed by atoms with Gasteiger partial charge in [0.2, 0.25) is 5.88 Å². The molecule has 1 fully saturated rings. The number of alkyl halides is 15. The fourth-order valence-corrected chi connectivity index (χ4v) is 4.98. The average Bonchev–Trinajstić information content (AvgIpc) is 3.57. The van der Waals surface area contributed by atoms with Crippen LogP contribution >= 0.6 is 0 Å². The Labute approximate surface area is 237 Å².